The van der Waals surface area contributed by atoms with E-state index < -0.39 is 23.7 Å². The number of halogens is 1. The van der Waals surface area contributed by atoms with Crippen molar-refractivity contribution in [1.82, 2.24) is 18.7 Å². The topological polar surface area (TPSA) is 90.9 Å². The van der Waals surface area contributed by atoms with E-state index in [4.69, 9.17) is 11.6 Å². The van der Waals surface area contributed by atoms with Crippen LogP contribution in [0.15, 0.2) is 64.4 Å². The monoisotopic (exact) mass is 493 g/mol. The number of carbonyl (C=O) groups is 1. The molecule has 0 atom stereocenters. The molecule has 2 aromatic heterocycles. The average molecular weight is 494 g/mol. The lowest BCUT2D eigenvalue weighted by Gasteiger charge is -2.14. The first-order chi connectivity index (χ1) is 16.7. The smallest absolute Gasteiger partial charge is 0.325 e. The molecule has 1 N–H and O–H groups in total. The molecule has 0 saturated heterocycles. The second-order valence-electron chi connectivity index (χ2n) is 9.05. The third-order valence-corrected chi connectivity index (χ3v) is 6.13. The van der Waals surface area contributed by atoms with E-state index in [1.54, 1.807) is 29.1 Å². The van der Waals surface area contributed by atoms with Crippen molar-refractivity contribution in [3.05, 3.63) is 91.8 Å². The maximum Gasteiger partial charge on any atom is 0.333 e. The Hall–Kier alpha value is -3.65. The average Bonchev–Trinajstić information content (AvgIpc) is 3.25. The van der Waals surface area contributed by atoms with Gasteiger partial charge in [0.15, 0.2) is 11.2 Å². The quantitative estimate of drug-likeness (QED) is 0.401. The molecular formula is C26H28ClN5O3. The van der Waals surface area contributed by atoms with Gasteiger partial charge in [-0.1, -0.05) is 61.8 Å². The molecular weight excluding hydrogens is 466 g/mol. The van der Waals surface area contributed by atoms with Crippen LogP contribution in [0.3, 0.4) is 0 Å². The highest BCUT2D eigenvalue weighted by atomic mass is 35.5. The molecule has 0 radical (unpaired) electrons. The Labute approximate surface area is 207 Å². The number of hydrogen-bond donors (Lipinski definition) is 1. The predicted octanol–water partition coefficient (Wildman–Crippen LogP) is 4.05. The predicted molar refractivity (Wildman–Crippen MR) is 138 cm³/mol. The molecule has 182 valence electrons. The number of imidazole rings is 1. The number of rotatable bonds is 8. The minimum atomic E-state index is -0.585. The Morgan fingerprint density at radius 1 is 1.09 bits per heavy atom. The summed E-state index contributed by atoms with van der Waals surface area (Å²) in [6.07, 6.45) is 2.44. The Morgan fingerprint density at radius 2 is 1.83 bits per heavy atom. The lowest BCUT2D eigenvalue weighted by molar-refractivity contribution is -0.116. The summed E-state index contributed by atoms with van der Waals surface area (Å²) >= 11 is 6.06. The Bertz CT molecular complexity index is 1480. The van der Waals surface area contributed by atoms with Crippen LogP contribution in [0.5, 0.6) is 0 Å². The number of aryl methyl sites for hydroxylation is 2. The highest BCUT2D eigenvalue weighted by Gasteiger charge is 2.20. The van der Waals surface area contributed by atoms with E-state index in [1.807, 2.05) is 37.3 Å². The van der Waals surface area contributed by atoms with Gasteiger partial charge < -0.3 is 9.88 Å². The summed E-state index contributed by atoms with van der Waals surface area (Å²) in [7, 11) is 0. The number of nitrogens with one attached hydrogen (secondary N) is 1. The highest BCUT2D eigenvalue weighted by molar-refractivity contribution is 6.31. The van der Waals surface area contributed by atoms with E-state index in [0.717, 1.165) is 22.1 Å². The fourth-order valence-corrected chi connectivity index (χ4v) is 4.09. The van der Waals surface area contributed by atoms with E-state index in [9.17, 15) is 14.4 Å². The molecule has 35 heavy (non-hydrogen) atoms. The van der Waals surface area contributed by atoms with Gasteiger partial charge in [-0.15, -0.1) is 0 Å². The first-order valence-electron chi connectivity index (χ1n) is 11.5. The molecule has 2 heterocycles. The first-order valence-corrected chi connectivity index (χ1v) is 11.9. The Morgan fingerprint density at radius 3 is 2.54 bits per heavy atom. The highest BCUT2D eigenvalue weighted by Crippen LogP contribution is 2.20. The molecule has 8 nitrogen and oxygen atoms in total. The number of anilines is 1. The molecule has 4 rings (SSSR count). The zero-order valence-corrected chi connectivity index (χ0v) is 20.7. The van der Waals surface area contributed by atoms with Gasteiger partial charge in [-0.05, 0) is 42.5 Å². The SMILES string of the molecule is Cc1ccc(Cl)cc1NC(=O)Cn1c(=O)c2c(ncn2CCC(C)C)n(Cc2ccccc2)c1=O. The standard InChI is InChI=1S/C26H28ClN5O3/c1-17(2)11-12-30-16-28-24-23(30)25(34)32(26(35)31(24)14-19-7-5-4-6-8-19)15-22(33)29-21-13-20(27)10-9-18(21)3/h4-10,13,16-17H,11-12,14-15H2,1-3H3,(H,29,33). The lowest BCUT2D eigenvalue weighted by Crippen LogP contribution is -2.43. The second kappa shape index (κ2) is 10.3. The molecule has 0 spiro atoms. The van der Waals surface area contributed by atoms with Gasteiger partial charge in [-0.2, -0.15) is 0 Å². The molecule has 9 heteroatoms. The molecule has 0 unspecified atom stereocenters. The van der Waals surface area contributed by atoms with Gasteiger partial charge in [-0.25, -0.2) is 14.3 Å². The second-order valence-corrected chi connectivity index (χ2v) is 9.48. The van der Waals surface area contributed by atoms with Crippen LogP contribution in [0, 0.1) is 12.8 Å². The van der Waals surface area contributed by atoms with Crippen LogP contribution < -0.4 is 16.6 Å². The van der Waals surface area contributed by atoms with Crippen LogP contribution in [0.25, 0.3) is 11.2 Å². The van der Waals surface area contributed by atoms with Gasteiger partial charge >= 0.3 is 5.69 Å². The number of amides is 1. The molecule has 0 aliphatic rings. The van der Waals surface area contributed by atoms with Crippen molar-refractivity contribution >= 4 is 34.4 Å². The van der Waals surface area contributed by atoms with Crippen molar-refractivity contribution in [3.63, 3.8) is 0 Å². The summed E-state index contributed by atoms with van der Waals surface area (Å²) in [5.74, 6) is -0.0648. The summed E-state index contributed by atoms with van der Waals surface area (Å²) in [4.78, 5) is 44.3. The number of hydrogen-bond acceptors (Lipinski definition) is 4. The zero-order chi connectivity index (χ0) is 25.1. The van der Waals surface area contributed by atoms with Crippen LogP contribution in [-0.2, 0) is 24.4 Å². The molecule has 0 bridgehead atoms. The molecule has 0 aliphatic carbocycles. The Kier molecular flexibility index (Phi) is 7.21. The van der Waals surface area contributed by atoms with Crippen LogP contribution in [0.1, 0.15) is 31.4 Å². The van der Waals surface area contributed by atoms with Gasteiger partial charge in [0.25, 0.3) is 5.56 Å². The number of nitrogens with zero attached hydrogens (tertiary/aromatic N) is 4. The third kappa shape index (κ3) is 5.38. The normalized spacial score (nSPS) is 11.3. The minimum absolute atomic E-state index is 0.229. The summed E-state index contributed by atoms with van der Waals surface area (Å²) in [5.41, 5.74) is 1.74. The summed E-state index contributed by atoms with van der Waals surface area (Å²) in [6.45, 7) is 6.43. The van der Waals surface area contributed by atoms with Crippen LogP contribution >= 0.6 is 11.6 Å². The van der Waals surface area contributed by atoms with Crippen LogP contribution in [0.4, 0.5) is 5.69 Å². The van der Waals surface area contributed by atoms with Crippen molar-refractivity contribution in [2.45, 2.75) is 46.8 Å². The molecule has 1 amide bonds. The fourth-order valence-electron chi connectivity index (χ4n) is 3.92. The number of fused-ring (bicyclic) bond motifs is 1. The first kappa shape index (κ1) is 24.5. The Balaban J connectivity index is 1.78. The molecule has 0 saturated carbocycles. The summed E-state index contributed by atoms with van der Waals surface area (Å²) < 4.78 is 4.21. The molecule has 2 aromatic carbocycles. The largest absolute Gasteiger partial charge is 0.333 e. The van der Waals surface area contributed by atoms with Crippen molar-refractivity contribution in [2.75, 3.05) is 5.32 Å². The van der Waals surface area contributed by atoms with Gasteiger partial charge in [-0.3, -0.25) is 14.2 Å². The van der Waals surface area contributed by atoms with Crippen molar-refractivity contribution in [1.29, 1.82) is 0 Å². The van der Waals surface area contributed by atoms with Gasteiger partial charge in [0.2, 0.25) is 5.91 Å². The number of carbonyl (C=O) groups excluding carboxylic acids is 1. The summed E-state index contributed by atoms with van der Waals surface area (Å²) in [6, 6.07) is 14.6. The van der Waals surface area contributed by atoms with Crippen molar-refractivity contribution < 1.29 is 4.79 Å². The minimum Gasteiger partial charge on any atom is -0.325 e. The van der Waals surface area contributed by atoms with Gasteiger partial charge in [0.1, 0.15) is 6.54 Å². The zero-order valence-electron chi connectivity index (χ0n) is 20.0. The van der Waals surface area contributed by atoms with Crippen LogP contribution in [0.2, 0.25) is 5.02 Å². The van der Waals surface area contributed by atoms with Crippen molar-refractivity contribution in [2.24, 2.45) is 5.92 Å². The number of benzene rings is 2. The van der Waals surface area contributed by atoms with Gasteiger partial charge in [0, 0.05) is 17.3 Å². The summed E-state index contributed by atoms with van der Waals surface area (Å²) in [5, 5.41) is 3.24. The maximum absolute atomic E-state index is 13.5. The number of aromatic nitrogens is 4. The third-order valence-electron chi connectivity index (χ3n) is 5.89. The van der Waals surface area contributed by atoms with Crippen LogP contribution in [-0.4, -0.2) is 24.6 Å². The van der Waals surface area contributed by atoms with E-state index in [-0.39, 0.29) is 6.54 Å². The molecule has 0 fully saturated rings. The maximum atomic E-state index is 13.5. The van der Waals surface area contributed by atoms with E-state index >= 15 is 0 Å². The van der Waals surface area contributed by atoms with Gasteiger partial charge in [0.05, 0.1) is 12.9 Å². The van der Waals surface area contributed by atoms with E-state index in [1.165, 1.54) is 4.57 Å². The fraction of sp³-hybridized carbons (Fsp3) is 0.308. The molecule has 0 aliphatic heterocycles. The molecule has 4 aromatic rings. The van der Waals surface area contributed by atoms with Crippen molar-refractivity contribution in [3.8, 4) is 0 Å². The lowest BCUT2D eigenvalue weighted by atomic mass is 10.1. The van der Waals surface area contributed by atoms with E-state index in [0.29, 0.717) is 34.3 Å². The van der Waals surface area contributed by atoms with E-state index in [2.05, 4.69) is 24.1 Å².